The highest BCUT2D eigenvalue weighted by Crippen LogP contribution is 2.26. The van der Waals surface area contributed by atoms with Crippen molar-refractivity contribution in [2.45, 2.75) is 19.3 Å². The topological polar surface area (TPSA) is 49.2 Å². The van der Waals surface area contributed by atoms with Crippen molar-refractivity contribution >= 4 is 17.4 Å². The number of hydrogen-bond acceptors (Lipinski definition) is 4. The highest BCUT2D eigenvalue weighted by atomic mass is 35.5. The summed E-state index contributed by atoms with van der Waals surface area (Å²) < 4.78 is 0. The predicted octanol–water partition coefficient (Wildman–Crippen LogP) is 1.73. The van der Waals surface area contributed by atoms with E-state index in [4.69, 9.17) is 16.7 Å². The number of aromatic nitrogens is 2. The van der Waals surface area contributed by atoms with Gasteiger partial charge in [-0.2, -0.15) is 0 Å². The largest absolute Gasteiger partial charge is 0.396 e. The van der Waals surface area contributed by atoms with Crippen LogP contribution in [0, 0.1) is 5.92 Å². The van der Waals surface area contributed by atoms with Crippen LogP contribution < -0.4 is 4.90 Å². The highest BCUT2D eigenvalue weighted by molar-refractivity contribution is 6.31. The maximum Gasteiger partial charge on any atom is 0.171 e. The molecule has 1 aromatic heterocycles. The van der Waals surface area contributed by atoms with Crippen LogP contribution in [0.3, 0.4) is 0 Å². The van der Waals surface area contributed by atoms with Gasteiger partial charge in [0.05, 0.1) is 0 Å². The molecule has 1 N–H and O–H groups in total. The second-order valence-electron chi connectivity index (χ2n) is 4.11. The fraction of sp³-hybridized carbons (Fsp3) is 0.636. The molecule has 0 unspecified atom stereocenters. The van der Waals surface area contributed by atoms with Crippen molar-refractivity contribution in [3.63, 3.8) is 0 Å². The fourth-order valence-corrected chi connectivity index (χ4v) is 2.37. The third kappa shape index (κ3) is 2.62. The molecule has 1 aliphatic heterocycles. The van der Waals surface area contributed by atoms with Gasteiger partial charge in [0.2, 0.25) is 0 Å². The van der Waals surface area contributed by atoms with Gasteiger partial charge in [-0.05, 0) is 25.2 Å². The molecule has 2 heterocycles. The molecule has 4 nitrogen and oxygen atoms in total. The Morgan fingerprint density at radius 3 is 2.62 bits per heavy atom. The van der Waals surface area contributed by atoms with E-state index >= 15 is 0 Å². The van der Waals surface area contributed by atoms with Crippen LogP contribution in [0.25, 0.3) is 0 Å². The molecular formula is C11H16ClN3O. The van der Waals surface area contributed by atoms with Gasteiger partial charge >= 0.3 is 0 Å². The van der Waals surface area contributed by atoms with Crippen molar-refractivity contribution in [3.8, 4) is 0 Å². The van der Waals surface area contributed by atoms with E-state index in [0.717, 1.165) is 38.2 Å². The Hall–Kier alpha value is -0.870. The van der Waals surface area contributed by atoms with Crippen molar-refractivity contribution in [2.24, 2.45) is 5.92 Å². The third-order valence-electron chi connectivity index (χ3n) is 3.09. The minimum atomic E-state index is 0.288. The van der Waals surface area contributed by atoms with Crippen LogP contribution in [-0.4, -0.2) is 34.8 Å². The van der Waals surface area contributed by atoms with E-state index in [1.54, 1.807) is 12.4 Å². The van der Waals surface area contributed by atoms with Crippen LogP contribution in [0.15, 0.2) is 12.4 Å². The first-order valence-corrected chi connectivity index (χ1v) is 6.01. The summed E-state index contributed by atoms with van der Waals surface area (Å²) in [7, 11) is 0. The molecular weight excluding hydrogens is 226 g/mol. The fourth-order valence-electron chi connectivity index (χ4n) is 2.14. The van der Waals surface area contributed by atoms with Crippen LogP contribution in [0.5, 0.6) is 0 Å². The van der Waals surface area contributed by atoms with Crippen molar-refractivity contribution < 1.29 is 5.11 Å². The summed E-state index contributed by atoms with van der Waals surface area (Å²) in [5.41, 5.74) is 0. The maximum atomic E-state index is 8.89. The molecule has 0 spiro atoms. The van der Waals surface area contributed by atoms with Gasteiger partial charge in [0.15, 0.2) is 11.0 Å². The summed E-state index contributed by atoms with van der Waals surface area (Å²) in [6, 6.07) is 0. The lowest BCUT2D eigenvalue weighted by atomic mass is 9.94. The molecule has 1 aromatic rings. The van der Waals surface area contributed by atoms with Gasteiger partial charge in [-0.1, -0.05) is 11.6 Å². The van der Waals surface area contributed by atoms with Gasteiger partial charge in [-0.15, -0.1) is 0 Å². The van der Waals surface area contributed by atoms with Crippen molar-refractivity contribution in [1.29, 1.82) is 0 Å². The first-order chi connectivity index (χ1) is 7.81. The summed E-state index contributed by atoms with van der Waals surface area (Å²) in [4.78, 5) is 10.5. The normalized spacial score (nSPS) is 17.8. The zero-order valence-corrected chi connectivity index (χ0v) is 9.90. The Balaban J connectivity index is 1.96. The number of aliphatic hydroxyl groups is 1. The van der Waals surface area contributed by atoms with Crippen LogP contribution >= 0.6 is 11.6 Å². The molecule has 5 heteroatoms. The number of nitrogens with zero attached hydrogens (tertiary/aromatic N) is 3. The first kappa shape index (κ1) is 11.6. The van der Waals surface area contributed by atoms with Crippen molar-refractivity contribution in [2.75, 3.05) is 24.6 Å². The molecule has 0 saturated carbocycles. The monoisotopic (exact) mass is 241 g/mol. The van der Waals surface area contributed by atoms with Crippen LogP contribution in [0.1, 0.15) is 19.3 Å². The third-order valence-corrected chi connectivity index (χ3v) is 3.35. The van der Waals surface area contributed by atoms with E-state index < -0.39 is 0 Å². The Morgan fingerprint density at radius 1 is 1.31 bits per heavy atom. The molecule has 0 aliphatic carbocycles. The van der Waals surface area contributed by atoms with E-state index in [-0.39, 0.29) is 6.61 Å². The second-order valence-corrected chi connectivity index (χ2v) is 4.47. The molecule has 2 rings (SSSR count). The lowest BCUT2D eigenvalue weighted by Crippen LogP contribution is -2.34. The van der Waals surface area contributed by atoms with Crippen molar-refractivity contribution in [1.82, 2.24) is 9.97 Å². The Labute approximate surface area is 100 Å². The molecule has 0 aromatic carbocycles. The molecule has 0 atom stereocenters. The quantitative estimate of drug-likeness (QED) is 0.876. The minimum absolute atomic E-state index is 0.288. The van der Waals surface area contributed by atoms with Gasteiger partial charge in [0, 0.05) is 32.1 Å². The number of rotatable bonds is 3. The molecule has 88 valence electrons. The van der Waals surface area contributed by atoms with Crippen LogP contribution in [0.4, 0.5) is 5.82 Å². The number of piperidine rings is 1. The van der Waals surface area contributed by atoms with Gasteiger partial charge < -0.3 is 10.0 Å². The first-order valence-electron chi connectivity index (χ1n) is 5.63. The highest BCUT2D eigenvalue weighted by Gasteiger charge is 2.21. The predicted molar refractivity (Wildman–Crippen MR) is 63.7 cm³/mol. The lowest BCUT2D eigenvalue weighted by molar-refractivity contribution is 0.240. The SMILES string of the molecule is OCCC1CCN(c2nccnc2Cl)CC1. The summed E-state index contributed by atoms with van der Waals surface area (Å²) in [6.07, 6.45) is 6.36. The second kappa shape index (κ2) is 5.46. The molecule has 16 heavy (non-hydrogen) atoms. The van der Waals surface area contributed by atoms with E-state index in [1.807, 2.05) is 0 Å². The lowest BCUT2D eigenvalue weighted by Gasteiger charge is -2.32. The summed E-state index contributed by atoms with van der Waals surface area (Å²) in [5, 5.41) is 9.36. The van der Waals surface area contributed by atoms with Crippen LogP contribution in [-0.2, 0) is 0 Å². The standard InChI is InChI=1S/C11H16ClN3O/c12-10-11(14-5-4-13-10)15-6-1-9(2-7-15)3-8-16/h4-5,9,16H,1-3,6-8H2. The molecule has 0 amide bonds. The molecule has 0 radical (unpaired) electrons. The van der Waals surface area contributed by atoms with Crippen molar-refractivity contribution in [3.05, 3.63) is 17.5 Å². The zero-order chi connectivity index (χ0) is 11.4. The molecule has 1 fully saturated rings. The molecule has 1 saturated heterocycles. The minimum Gasteiger partial charge on any atom is -0.396 e. The summed E-state index contributed by atoms with van der Waals surface area (Å²) in [5.74, 6) is 1.42. The Morgan fingerprint density at radius 2 is 2.00 bits per heavy atom. The number of anilines is 1. The maximum absolute atomic E-state index is 8.89. The number of aliphatic hydroxyl groups excluding tert-OH is 1. The van der Waals surface area contributed by atoms with Crippen LogP contribution in [0.2, 0.25) is 5.15 Å². The molecule has 1 aliphatic rings. The summed E-state index contributed by atoms with van der Waals surface area (Å²) >= 11 is 6.00. The number of hydrogen-bond donors (Lipinski definition) is 1. The van der Waals surface area contributed by atoms with Gasteiger partial charge in [-0.25, -0.2) is 9.97 Å². The Bertz CT molecular complexity index is 340. The van der Waals surface area contributed by atoms with E-state index in [0.29, 0.717) is 11.1 Å². The van der Waals surface area contributed by atoms with E-state index in [9.17, 15) is 0 Å². The van der Waals surface area contributed by atoms with E-state index in [2.05, 4.69) is 14.9 Å². The summed E-state index contributed by atoms with van der Waals surface area (Å²) in [6.45, 7) is 2.18. The van der Waals surface area contributed by atoms with Gasteiger partial charge in [0.25, 0.3) is 0 Å². The van der Waals surface area contributed by atoms with Gasteiger partial charge in [0.1, 0.15) is 0 Å². The average molecular weight is 242 g/mol. The smallest absolute Gasteiger partial charge is 0.171 e. The molecule has 0 bridgehead atoms. The van der Waals surface area contributed by atoms with Gasteiger partial charge in [-0.3, -0.25) is 0 Å². The zero-order valence-electron chi connectivity index (χ0n) is 9.14. The average Bonchev–Trinajstić information content (AvgIpc) is 2.31. The number of halogens is 1. The Kier molecular flexibility index (Phi) is 3.96. The van der Waals surface area contributed by atoms with E-state index in [1.165, 1.54) is 0 Å².